The SMILES string of the molecule is COCC(C)Nc1ccc(NC=C2C(=O)Nc3cccc(F)c32)cc1C(F)(F)F. The molecule has 5 nitrogen and oxygen atoms in total. The average Bonchev–Trinajstić information content (AvgIpc) is 2.96. The molecule has 1 amide bonds. The number of anilines is 3. The van der Waals surface area contributed by atoms with Crippen molar-refractivity contribution < 1.29 is 27.1 Å². The summed E-state index contributed by atoms with van der Waals surface area (Å²) in [5, 5.41) is 7.94. The van der Waals surface area contributed by atoms with Crippen molar-refractivity contribution in [3.05, 3.63) is 59.5 Å². The van der Waals surface area contributed by atoms with Crippen molar-refractivity contribution in [3.8, 4) is 0 Å². The molecule has 2 aromatic carbocycles. The van der Waals surface area contributed by atoms with E-state index in [2.05, 4.69) is 16.0 Å². The lowest BCUT2D eigenvalue weighted by atomic mass is 10.1. The van der Waals surface area contributed by atoms with Crippen LogP contribution in [0, 0.1) is 5.82 Å². The summed E-state index contributed by atoms with van der Waals surface area (Å²) in [7, 11) is 1.46. The van der Waals surface area contributed by atoms with E-state index in [0.29, 0.717) is 5.69 Å². The second-order valence-corrected chi connectivity index (χ2v) is 6.58. The summed E-state index contributed by atoms with van der Waals surface area (Å²) in [6.07, 6.45) is -3.40. The van der Waals surface area contributed by atoms with Crippen LogP contribution in [0.1, 0.15) is 18.1 Å². The van der Waals surface area contributed by atoms with Crippen LogP contribution in [0.5, 0.6) is 0 Å². The zero-order valence-electron chi connectivity index (χ0n) is 15.7. The Hall–Kier alpha value is -3.07. The van der Waals surface area contributed by atoms with Gasteiger partial charge in [-0.2, -0.15) is 13.2 Å². The highest BCUT2D eigenvalue weighted by molar-refractivity contribution is 6.31. The van der Waals surface area contributed by atoms with E-state index >= 15 is 0 Å². The number of methoxy groups -OCH3 is 1. The van der Waals surface area contributed by atoms with E-state index in [-0.39, 0.29) is 35.2 Å². The summed E-state index contributed by atoms with van der Waals surface area (Å²) in [5.41, 5.74) is -0.463. The quantitative estimate of drug-likeness (QED) is 0.478. The number of rotatable bonds is 6. The normalized spacial score (nSPS) is 15.8. The Labute approximate surface area is 164 Å². The summed E-state index contributed by atoms with van der Waals surface area (Å²) in [4.78, 5) is 12.1. The maximum absolute atomic E-state index is 14.1. The summed E-state index contributed by atoms with van der Waals surface area (Å²) in [6, 6.07) is 7.52. The molecule has 0 saturated carbocycles. The molecule has 1 aliphatic heterocycles. The minimum absolute atomic E-state index is 0.00239. The highest BCUT2D eigenvalue weighted by Crippen LogP contribution is 2.38. The summed E-state index contributed by atoms with van der Waals surface area (Å²) in [6.45, 7) is 1.94. The van der Waals surface area contributed by atoms with Crippen LogP contribution in [0.15, 0.2) is 42.6 Å². The molecule has 2 aromatic rings. The molecule has 1 unspecified atom stereocenters. The average molecular weight is 409 g/mol. The molecule has 0 aliphatic carbocycles. The van der Waals surface area contributed by atoms with Crippen molar-refractivity contribution in [1.82, 2.24) is 0 Å². The molecule has 9 heteroatoms. The lowest BCUT2D eigenvalue weighted by molar-refractivity contribution is -0.137. The topological polar surface area (TPSA) is 62.4 Å². The molecule has 0 bridgehead atoms. The molecule has 3 N–H and O–H groups in total. The van der Waals surface area contributed by atoms with Gasteiger partial charge < -0.3 is 20.7 Å². The van der Waals surface area contributed by atoms with Crippen LogP contribution in [0.4, 0.5) is 34.6 Å². The molecule has 154 valence electrons. The van der Waals surface area contributed by atoms with E-state index in [1.807, 2.05) is 0 Å². The van der Waals surface area contributed by atoms with Crippen LogP contribution in [-0.2, 0) is 15.7 Å². The molecule has 0 saturated heterocycles. The molecular formula is C20H19F4N3O2. The Kier molecular flexibility index (Phi) is 5.78. The number of amides is 1. The van der Waals surface area contributed by atoms with Gasteiger partial charge in [0, 0.05) is 36.3 Å². The van der Waals surface area contributed by atoms with E-state index in [1.165, 1.54) is 37.6 Å². The molecule has 0 radical (unpaired) electrons. The first-order valence-corrected chi connectivity index (χ1v) is 8.74. The third-order valence-corrected chi connectivity index (χ3v) is 4.30. The van der Waals surface area contributed by atoms with Crippen molar-refractivity contribution in [2.24, 2.45) is 0 Å². The van der Waals surface area contributed by atoms with Crippen LogP contribution >= 0.6 is 0 Å². The van der Waals surface area contributed by atoms with Crippen molar-refractivity contribution >= 4 is 28.5 Å². The minimum Gasteiger partial charge on any atom is -0.383 e. The van der Waals surface area contributed by atoms with Crippen LogP contribution in [0.25, 0.3) is 5.57 Å². The number of halogens is 4. The summed E-state index contributed by atoms with van der Waals surface area (Å²) in [5.74, 6) is -1.14. The van der Waals surface area contributed by atoms with Crippen LogP contribution in [0.3, 0.4) is 0 Å². The van der Waals surface area contributed by atoms with Gasteiger partial charge in [0.05, 0.1) is 23.4 Å². The first-order valence-electron chi connectivity index (χ1n) is 8.74. The lowest BCUT2D eigenvalue weighted by Crippen LogP contribution is -2.23. The molecule has 29 heavy (non-hydrogen) atoms. The molecule has 1 heterocycles. The van der Waals surface area contributed by atoms with E-state index in [0.717, 1.165) is 6.07 Å². The predicted molar refractivity (Wildman–Crippen MR) is 103 cm³/mol. The summed E-state index contributed by atoms with van der Waals surface area (Å²) >= 11 is 0. The van der Waals surface area contributed by atoms with Gasteiger partial charge in [-0.3, -0.25) is 4.79 Å². The van der Waals surface area contributed by atoms with Gasteiger partial charge in [0.15, 0.2) is 0 Å². The van der Waals surface area contributed by atoms with Gasteiger partial charge in [-0.1, -0.05) is 6.07 Å². The van der Waals surface area contributed by atoms with Gasteiger partial charge in [0.25, 0.3) is 5.91 Å². The maximum atomic E-state index is 14.1. The predicted octanol–water partition coefficient (Wildman–Crippen LogP) is 4.70. The fraction of sp³-hybridized carbons (Fsp3) is 0.250. The fourth-order valence-electron chi connectivity index (χ4n) is 3.05. The third kappa shape index (κ3) is 4.51. The second kappa shape index (κ2) is 8.12. The van der Waals surface area contributed by atoms with Crippen molar-refractivity contribution in [1.29, 1.82) is 0 Å². The van der Waals surface area contributed by atoms with Crippen LogP contribution in [-0.4, -0.2) is 25.7 Å². The lowest BCUT2D eigenvalue weighted by Gasteiger charge is -2.19. The Morgan fingerprint density at radius 1 is 1.24 bits per heavy atom. The number of carbonyl (C=O) groups is 1. The molecule has 0 aromatic heterocycles. The monoisotopic (exact) mass is 409 g/mol. The number of fused-ring (bicyclic) bond motifs is 1. The Morgan fingerprint density at radius 3 is 2.69 bits per heavy atom. The van der Waals surface area contributed by atoms with Crippen LogP contribution < -0.4 is 16.0 Å². The van der Waals surface area contributed by atoms with Crippen molar-refractivity contribution in [2.45, 2.75) is 19.1 Å². The molecule has 1 atom stereocenters. The highest BCUT2D eigenvalue weighted by Gasteiger charge is 2.34. The number of carbonyl (C=O) groups excluding carboxylic acids is 1. The number of benzene rings is 2. The van der Waals surface area contributed by atoms with E-state index < -0.39 is 23.5 Å². The Balaban J connectivity index is 1.89. The van der Waals surface area contributed by atoms with Gasteiger partial charge in [0.2, 0.25) is 0 Å². The molecule has 0 fully saturated rings. The number of nitrogens with one attached hydrogen (secondary N) is 3. The van der Waals surface area contributed by atoms with Crippen LogP contribution in [0.2, 0.25) is 0 Å². The first-order chi connectivity index (χ1) is 13.7. The molecule has 1 aliphatic rings. The smallest absolute Gasteiger partial charge is 0.383 e. The third-order valence-electron chi connectivity index (χ3n) is 4.30. The number of hydrogen-bond donors (Lipinski definition) is 3. The number of alkyl halides is 3. The Bertz CT molecular complexity index is 957. The minimum atomic E-state index is -4.59. The largest absolute Gasteiger partial charge is 0.418 e. The van der Waals surface area contributed by atoms with Gasteiger partial charge >= 0.3 is 6.18 Å². The molecule has 0 spiro atoms. The van der Waals surface area contributed by atoms with Crippen molar-refractivity contribution in [3.63, 3.8) is 0 Å². The van der Waals surface area contributed by atoms with Crippen molar-refractivity contribution in [2.75, 3.05) is 29.7 Å². The van der Waals surface area contributed by atoms with Gasteiger partial charge in [-0.25, -0.2) is 4.39 Å². The second-order valence-electron chi connectivity index (χ2n) is 6.58. The molecular weight excluding hydrogens is 390 g/mol. The van der Waals surface area contributed by atoms with Gasteiger partial charge in [0.1, 0.15) is 5.82 Å². The fourth-order valence-corrected chi connectivity index (χ4v) is 3.05. The molecule has 3 rings (SSSR count). The van der Waals surface area contributed by atoms with E-state index in [9.17, 15) is 22.4 Å². The number of ether oxygens (including phenoxy) is 1. The zero-order chi connectivity index (χ0) is 21.2. The van der Waals surface area contributed by atoms with E-state index in [1.54, 1.807) is 13.0 Å². The zero-order valence-corrected chi connectivity index (χ0v) is 15.7. The maximum Gasteiger partial charge on any atom is 0.418 e. The van der Waals surface area contributed by atoms with E-state index in [4.69, 9.17) is 4.74 Å². The summed E-state index contributed by atoms with van der Waals surface area (Å²) < 4.78 is 59.5. The standard InChI is InChI=1S/C20H19F4N3O2/c1-11(10-29-2)26-16-7-6-12(8-14(16)20(22,23)24)25-9-13-18-15(21)4-3-5-17(18)27-19(13)28/h3-9,11,25-26H,10H2,1-2H3,(H,27,28). The first kappa shape index (κ1) is 20.7. The van der Waals surface area contributed by atoms with Gasteiger partial charge in [-0.05, 0) is 37.3 Å². The highest BCUT2D eigenvalue weighted by atomic mass is 19.4. The Morgan fingerprint density at radius 2 is 2.00 bits per heavy atom. The van der Waals surface area contributed by atoms with Gasteiger partial charge in [-0.15, -0.1) is 0 Å². The number of hydrogen-bond acceptors (Lipinski definition) is 4.